The van der Waals surface area contributed by atoms with Crippen molar-refractivity contribution < 1.29 is 5.11 Å². The summed E-state index contributed by atoms with van der Waals surface area (Å²) in [6.07, 6.45) is 16.4. The molecule has 5 rings (SSSR count). The van der Waals surface area contributed by atoms with Crippen LogP contribution in [0.4, 0.5) is 0 Å². The van der Waals surface area contributed by atoms with Crippen molar-refractivity contribution in [3.63, 3.8) is 0 Å². The van der Waals surface area contributed by atoms with Crippen molar-refractivity contribution in [1.82, 2.24) is 0 Å². The normalized spacial score (nSPS) is 37.6. The molecule has 0 aromatic heterocycles. The van der Waals surface area contributed by atoms with Crippen LogP contribution < -0.4 is 0 Å². The number of phenols is 1. The van der Waals surface area contributed by atoms with Gasteiger partial charge in [0.05, 0.1) is 0 Å². The van der Waals surface area contributed by atoms with Gasteiger partial charge in [-0.1, -0.05) is 78.9 Å². The van der Waals surface area contributed by atoms with Gasteiger partial charge in [0, 0.05) is 27.5 Å². The molecule has 0 spiro atoms. The molecule has 1 nitrogen and oxygen atoms in total. The van der Waals surface area contributed by atoms with E-state index in [1.807, 2.05) is 0 Å². The lowest BCUT2D eigenvalue weighted by atomic mass is 9.59. The minimum absolute atomic E-state index is 0.110. The predicted octanol–water partition coefficient (Wildman–Crippen LogP) is 8.89. The standard InChI is InChI=1S/C30H46OS/c1-27(2,3)23-15-21(18-32-24-11-9-7-6-8-10-12-24)26(31)25(16-23)30-14-13-22-17-28(4,20-30)19-29(22,30)5/h15-16,22,24,31H,6-14,17-20H2,1-5H3. The fraction of sp³-hybridized carbons (Fsp3) is 0.800. The van der Waals surface area contributed by atoms with Gasteiger partial charge in [0.2, 0.25) is 0 Å². The van der Waals surface area contributed by atoms with Gasteiger partial charge in [0.15, 0.2) is 0 Å². The van der Waals surface area contributed by atoms with Crippen LogP contribution in [0.25, 0.3) is 0 Å². The third-order valence-electron chi connectivity index (χ3n) is 10.3. The minimum atomic E-state index is 0.110. The highest BCUT2D eigenvalue weighted by Crippen LogP contribution is 2.79. The molecule has 1 N–H and O–H groups in total. The van der Waals surface area contributed by atoms with Crippen LogP contribution in [0, 0.1) is 16.7 Å². The van der Waals surface area contributed by atoms with Crippen LogP contribution in [0.1, 0.15) is 128 Å². The zero-order chi connectivity index (χ0) is 22.8. The van der Waals surface area contributed by atoms with Gasteiger partial charge in [0.25, 0.3) is 0 Å². The lowest BCUT2D eigenvalue weighted by molar-refractivity contribution is 0.141. The maximum absolute atomic E-state index is 11.8. The maximum atomic E-state index is 11.8. The Morgan fingerprint density at radius 1 is 0.969 bits per heavy atom. The van der Waals surface area contributed by atoms with E-state index in [0.29, 0.717) is 16.6 Å². The Balaban J connectivity index is 1.50. The molecule has 4 saturated carbocycles. The molecular formula is C30H46OS. The Kier molecular flexibility index (Phi) is 5.75. The minimum Gasteiger partial charge on any atom is -0.507 e. The molecule has 2 heteroatoms. The molecule has 1 aromatic rings. The Bertz CT molecular complexity index is 860. The maximum Gasteiger partial charge on any atom is 0.123 e. The van der Waals surface area contributed by atoms with Crippen LogP contribution in [-0.2, 0) is 16.6 Å². The van der Waals surface area contributed by atoms with E-state index in [-0.39, 0.29) is 10.8 Å². The zero-order valence-corrected chi connectivity index (χ0v) is 22.2. The van der Waals surface area contributed by atoms with Gasteiger partial charge in [-0.05, 0) is 72.7 Å². The van der Waals surface area contributed by atoms with Crippen molar-refractivity contribution in [2.75, 3.05) is 0 Å². The first kappa shape index (κ1) is 23.1. The molecule has 4 aliphatic carbocycles. The third-order valence-corrected chi connectivity index (χ3v) is 11.7. The molecular weight excluding hydrogens is 408 g/mol. The summed E-state index contributed by atoms with van der Waals surface area (Å²) in [6, 6.07) is 4.80. The monoisotopic (exact) mass is 454 g/mol. The second-order valence-corrected chi connectivity index (χ2v) is 15.0. The average Bonchev–Trinajstić information content (AvgIpc) is 3.12. The molecule has 1 aromatic carbocycles. The SMILES string of the molecule is CC12CC3CCC(c4cc(C(C)(C)C)cc(CSC5CCCCCCC5)c4O)(C1)C3(C)C2. The van der Waals surface area contributed by atoms with Crippen LogP contribution in [-0.4, -0.2) is 10.4 Å². The van der Waals surface area contributed by atoms with Gasteiger partial charge < -0.3 is 5.11 Å². The van der Waals surface area contributed by atoms with Crippen molar-refractivity contribution in [3.05, 3.63) is 28.8 Å². The number of aromatic hydroxyl groups is 1. The quantitative estimate of drug-likeness (QED) is 0.490. The van der Waals surface area contributed by atoms with Gasteiger partial charge in [-0.15, -0.1) is 0 Å². The molecule has 0 aliphatic heterocycles. The Morgan fingerprint density at radius 2 is 1.66 bits per heavy atom. The molecule has 4 aliphatic rings. The first-order valence-corrected chi connectivity index (χ1v) is 14.6. The van der Waals surface area contributed by atoms with Crippen molar-refractivity contribution in [2.24, 2.45) is 16.7 Å². The van der Waals surface area contributed by atoms with Crippen molar-refractivity contribution >= 4 is 11.8 Å². The van der Waals surface area contributed by atoms with E-state index >= 15 is 0 Å². The van der Waals surface area contributed by atoms with Gasteiger partial charge >= 0.3 is 0 Å². The lowest BCUT2D eigenvalue weighted by Gasteiger charge is -2.44. The summed E-state index contributed by atoms with van der Waals surface area (Å²) < 4.78 is 0. The topological polar surface area (TPSA) is 20.2 Å². The number of rotatable bonds is 4. The zero-order valence-electron chi connectivity index (χ0n) is 21.4. The van der Waals surface area contributed by atoms with E-state index in [4.69, 9.17) is 0 Å². The smallest absolute Gasteiger partial charge is 0.123 e. The second-order valence-electron chi connectivity index (χ2n) is 13.7. The second kappa shape index (κ2) is 7.96. The van der Waals surface area contributed by atoms with Crippen molar-refractivity contribution in [1.29, 1.82) is 0 Å². The molecule has 0 saturated heterocycles. The molecule has 0 heterocycles. The first-order valence-electron chi connectivity index (χ1n) is 13.5. The van der Waals surface area contributed by atoms with Crippen LogP contribution in [0.2, 0.25) is 0 Å². The summed E-state index contributed by atoms with van der Waals surface area (Å²) in [7, 11) is 0. The average molecular weight is 455 g/mol. The molecule has 32 heavy (non-hydrogen) atoms. The summed E-state index contributed by atoms with van der Waals surface area (Å²) in [5.41, 5.74) is 5.12. The van der Waals surface area contributed by atoms with E-state index in [0.717, 1.165) is 16.9 Å². The summed E-state index contributed by atoms with van der Waals surface area (Å²) in [6.45, 7) is 12.1. The number of fused-ring (bicyclic) bond motifs is 1. The predicted molar refractivity (Wildman–Crippen MR) is 139 cm³/mol. The highest BCUT2D eigenvalue weighted by molar-refractivity contribution is 7.99. The van der Waals surface area contributed by atoms with E-state index in [1.165, 1.54) is 93.7 Å². The number of thioether (sulfide) groups is 1. The lowest BCUT2D eigenvalue weighted by Crippen LogP contribution is -2.39. The van der Waals surface area contributed by atoms with Crippen molar-refractivity contribution in [3.8, 4) is 5.75 Å². The number of hydrogen-bond acceptors (Lipinski definition) is 2. The van der Waals surface area contributed by atoms with Crippen molar-refractivity contribution in [2.45, 2.75) is 134 Å². The van der Waals surface area contributed by atoms with Gasteiger partial charge in [-0.3, -0.25) is 0 Å². The number of hydrogen-bond donors (Lipinski definition) is 1. The Morgan fingerprint density at radius 3 is 2.31 bits per heavy atom. The molecule has 4 atom stereocenters. The summed E-state index contributed by atoms with van der Waals surface area (Å²) in [5.74, 6) is 2.49. The number of benzene rings is 1. The van der Waals surface area contributed by atoms with E-state index in [9.17, 15) is 5.11 Å². The molecule has 2 bridgehead atoms. The highest BCUT2D eigenvalue weighted by atomic mass is 32.2. The fourth-order valence-corrected chi connectivity index (χ4v) is 10.00. The summed E-state index contributed by atoms with van der Waals surface area (Å²) in [5, 5.41) is 12.6. The van der Waals surface area contributed by atoms with E-state index in [1.54, 1.807) is 0 Å². The van der Waals surface area contributed by atoms with E-state index in [2.05, 4.69) is 58.5 Å². The molecule has 0 radical (unpaired) electrons. The first-order chi connectivity index (χ1) is 15.1. The van der Waals surface area contributed by atoms with Gasteiger partial charge in [-0.25, -0.2) is 0 Å². The summed E-state index contributed by atoms with van der Waals surface area (Å²) in [4.78, 5) is 0. The van der Waals surface area contributed by atoms with E-state index < -0.39 is 0 Å². The van der Waals surface area contributed by atoms with Crippen LogP contribution in [0.3, 0.4) is 0 Å². The van der Waals surface area contributed by atoms with Crippen LogP contribution in [0.15, 0.2) is 12.1 Å². The largest absolute Gasteiger partial charge is 0.507 e. The Hall–Kier alpha value is -0.630. The highest BCUT2D eigenvalue weighted by Gasteiger charge is 2.71. The van der Waals surface area contributed by atoms with Gasteiger partial charge in [0.1, 0.15) is 5.75 Å². The number of phenolic OH excluding ortho intramolecular Hbond substituents is 1. The molecule has 0 amide bonds. The molecule has 4 unspecified atom stereocenters. The van der Waals surface area contributed by atoms with Crippen LogP contribution in [0.5, 0.6) is 5.75 Å². The molecule has 4 fully saturated rings. The Labute approximate surface area is 201 Å². The third kappa shape index (κ3) is 3.66. The summed E-state index contributed by atoms with van der Waals surface area (Å²) >= 11 is 2.13. The van der Waals surface area contributed by atoms with Gasteiger partial charge in [-0.2, -0.15) is 11.8 Å². The molecule has 178 valence electrons. The fourth-order valence-electron chi connectivity index (χ4n) is 8.70. The van der Waals surface area contributed by atoms with Crippen LogP contribution >= 0.6 is 11.8 Å².